The van der Waals surface area contributed by atoms with Crippen LogP contribution in [0.4, 0.5) is 5.69 Å². The van der Waals surface area contributed by atoms with E-state index in [0.717, 1.165) is 16.8 Å². The molecule has 0 heterocycles. The zero-order valence-corrected chi connectivity index (χ0v) is 15.8. The maximum atomic E-state index is 12.5. The molecule has 0 fully saturated rings. The third-order valence-electron chi connectivity index (χ3n) is 4.43. The van der Waals surface area contributed by atoms with Crippen LogP contribution in [0.5, 0.6) is 0 Å². The Kier molecular flexibility index (Phi) is 6.92. The average Bonchev–Trinajstić information content (AvgIpc) is 2.63. The molecule has 0 aromatic heterocycles. The Morgan fingerprint density at radius 3 is 2.23 bits per heavy atom. The van der Waals surface area contributed by atoms with Crippen LogP contribution in [0.2, 0.25) is 0 Å². The van der Waals surface area contributed by atoms with Crippen LogP contribution >= 0.6 is 0 Å². The SMILES string of the molecule is Cc1ccc(NC(=O)CN(C)C(C)C(=O)NC(C)c2ccccc2)cc1. The smallest absolute Gasteiger partial charge is 0.238 e. The normalized spacial score (nSPS) is 13.1. The van der Waals surface area contributed by atoms with E-state index in [4.69, 9.17) is 0 Å². The summed E-state index contributed by atoms with van der Waals surface area (Å²) in [6.07, 6.45) is 0. The fourth-order valence-corrected chi connectivity index (χ4v) is 2.56. The van der Waals surface area contributed by atoms with Crippen molar-refractivity contribution in [3.05, 3.63) is 65.7 Å². The fraction of sp³-hybridized carbons (Fsp3) is 0.333. The molecule has 138 valence electrons. The van der Waals surface area contributed by atoms with Gasteiger partial charge < -0.3 is 10.6 Å². The molecule has 2 amide bonds. The molecule has 5 nitrogen and oxygen atoms in total. The number of rotatable bonds is 7. The highest BCUT2D eigenvalue weighted by atomic mass is 16.2. The van der Waals surface area contributed by atoms with E-state index < -0.39 is 6.04 Å². The van der Waals surface area contributed by atoms with E-state index in [1.54, 1.807) is 18.9 Å². The lowest BCUT2D eigenvalue weighted by Gasteiger charge is -2.25. The lowest BCUT2D eigenvalue weighted by molar-refractivity contribution is -0.127. The van der Waals surface area contributed by atoms with Gasteiger partial charge in [0, 0.05) is 5.69 Å². The highest BCUT2D eigenvalue weighted by Gasteiger charge is 2.21. The summed E-state index contributed by atoms with van der Waals surface area (Å²) in [4.78, 5) is 26.4. The molecule has 0 radical (unpaired) electrons. The summed E-state index contributed by atoms with van der Waals surface area (Å²) in [5.41, 5.74) is 2.94. The first-order valence-electron chi connectivity index (χ1n) is 8.79. The van der Waals surface area contributed by atoms with Crippen molar-refractivity contribution >= 4 is 17.5 Å². The van der Waals surface area contributed by atoms with Gasteiger partial charge in [-0.15, -0.1) is 0 Å². The number of hydrogen-bond donors (Lipinski definition) is 2. The summed E-state index contributed by atoms with van der Waals surface area (Å²) in [6.45, 7) is 5.88. The van der Waals surface area contributed by atoms with Crippen molar-refractivity contribution in [2.75, 3.05) is 18.9 Å². The number of nitrogens with zero attached hydrogens (tertiary/aromatic N) is 1. The molecule has 2 N–H and O–H groups in total. The fourth-order valence-electron chi connectivity index (χ4n) is 2.56. The van der Waals surface area contributed by atoms with Crippen molar-refractivity contribution in [2.45, 2.75) is 32.9 Å². The van der Waals surface area contributed by atoms with Gasteiger partial charge in [-0.3, -0.25) is 14.5 Å². The Bertz CT molecular complexity index is 729. The van der Waals surface area contributed by atoms with Crippen molar-refractivity contribution in [3.63, 3.8) is 0 Å². The van der Waals surface area contributed by atoms with Gasteiger partial charge in [0.25, 0.3) is 0 Å². The highest BCUT2D eigenvalue weighted by molar-refractivity contribution is 5.92. The topological polar surface area (TPSA) is 61.4 Å². The van der Waals surface area contributed by atoms with Gasteiger partial charge in [-0.05, 0) is 45.5 Å². The molecule has 2 rings (SSSR count). The largest absolute Gasteiger partial charge is 0.348 e. The van der Waals surface area contributed by atoms with Crippen LogP contribution in [0.25, 0.3) is 0 Å². The molecule has 0 spiro atoms. The number of nitrogens with one attached hydrogen (secondary N) is 2. The number of carbonyl (C=O) groups is 2. The molecule has 2 atom stereocenters. The Labute approximate surface area is 155 Å². The van der Waals surface area contributed by atoms with Gasteiger partial charge in [-0.2, -0.15) is 0 Å². The van der Waals surface area contributed by atoms with Crippen molar-refractivity contribution in [3.8, 4) is 0 Å². The van der Waals surface area contributed by atoms with E-state index in [0.29, 0.717) is 0 Å². The van der Waals surface area contributed by atoms with Gasteiger partial charge in [0.05, 0.1) is 18.6 Å². The molecule has 0 aliphatic rings. The molecule has 5 heteroatoms. The molecule has 26 heavy (non-hydrogen) atoms. The first kappa shape index (κ1) is 19.7. The summed E-state index contributed by atoms with van der Waals surface area (Å²) in [6, 6.07) is 16.9. The van der Waals surface area contributed by atoms with E-state index in [2.05, 4.69) is 10.6 Å². The molecule has 0 saturated carbocycles. The minimum atomic E-state index is -0.412. The van der Waals surface area contributed by atoms with Gasteiger partial charge in [-0.1, -0.05) is 48.0 Å². The first-order valence-corrected chi connectivity index (χ1v) is 8.79. The first-order chi connectivity index (χ1) is 12.4. The van der Waals surface area contributed by atoms with Crippen molar-refractivity contribution in [1.82, 2.24) is 10.2 Å². The van der Waals surface area contributed by atoms with E-state index in [1.165, 1.54) is 0 Å². The third kappa shape index (κ3) is 5.70. The number of aryl methyl sites for hydroxylation is 1. The quantitative estimate of drug-likeness (QED) is 0.804. The second-order valence-corrected chi connectivity index (χ2v) is 6.65. The summed E-state index contributed by atoms with van der Waals surface area (Å²) in [7, 11) is 1.77. The lowest BCUT2D eigenvalue weighted by atomic mass is 10.1. The number of hydrogen-bond acceptors (Lipinski definition) is 3. The van der Waals surface area contributed by atoms with Gasteiger partial charge in [0.1, 0.15) is 0 Å². The number of benzene rings is 2. The Morgan fingerprint density at radius 1 is 1.00 bits per heavy atom. The molecule has 2 aromatic carbocycles. The Morgan fingerprint density at radius 2 is 1.62 bits per heavy atom. The number of anilines is 1. The maximum Gasteiger partial charge on any atom is 0.238 e. The molecule has 2 unspecified atom stereocenters. The summed E-state index contributed by atoms with van der Waals surface area (Å²) in [5, 5.41) is 5.84. The van der Waals surface area contributed by atoms with Gasteiger partial charge in [0.2, 0.25) is 11.8 Å². The molecule has 0 aliphatic heterocycles. The van der Waals surface area contributed by atoms with Crippen molar-refractivity contribution in [2.24, 2.45) is 0 Å². The number of amides is 2. The van der Waals surface area contributed by atoms with Gasteiger partial charge >= 0.3 is 0 Å². The number of carbonyl (C=O) groups excluding carboxylic acids is 2. The molecule has 2 aromatic rings. The standard InChI is InChI=1S/C21H27N3O2/c1-15-10-12-19(13-11-15)23-20(25)14-24(4)17(3)21(26)22-16(2)18-8-6-5-7-9-18/h5-13,16-17H,14H2,1-4H3,(H,22,26)(H,23,25). The Balaban J connectivity index is 1.85. The van der Waals surface area contributed by atoms with Crippen LogP contribution in [-0.2, 0) is 9.59 Å². The van der Waals surface area contributed by atoms with E-state index in [-0.39, 0.29) is 24.4 Å². The van der Waals surface area contributed by atoms with Crippen LogP contribution in [0.1, 0.15) is 31.0 Å². The van der Waals surface area contributed by atoms with Crippen LogP contribution < -0.4 is 10.6 Å². The van der Waals surface area contributed by atoms with Crippen LogP contribution in [0, 0.1) is 6.92 Å². The predicted octanol–water partition coefficient (Wildman–Crippen LogP) is 3.13. The molecule has 0 saturated heterocycles. The van der Waals surface area contributed by atoms with Crippen LogP contribution in [0.3, 0.4) is 0 Å². The van der Waals surface area contributed by atoms with Gasteiger partial charge in [0.15, 0.2) is 0 Å². The summed E-state index contributed by atoms with van der Waals surface area (Å²) < 4.78 is 0. The second kappa shape index (κ2) is 9.15. The average molecular weight is 353 g/mol. The minimum Gasteiger partial charge on any atom is -0.348 e. The van der Waals surface area contributed by atoms with E-state index in [9.17, 15) is 9.59 Å². The Hall–Kier alpha value is -2.66. The predicted molar refractivity (Wildman–Crippen MR) is 105 cm³/mol. The summed E-state index contributed by atoms with van der Waals surface area (Å²) in [5.74, 6) is -0.251. The van der Waals surface area contributed by atoms with Crippen molar-refractivity contribution in [1.29, 1.82) is 0 Å². The third-order valence-corrected chi connectivity index (χ3v) is 4.43. The van der Waals surface area contributed by atoms with Crippen LogP contribution in [-0.4, -0.2) is 36.3 Å². The molecular weight excluding hydrogens is 326 g/mol. The van der Waals surface area contributed by atoms with E-state index in [1.807, 2.05) is 68.4 Å². The van der Waals surface area contributed by atoms with E-state index >= 15 is 0 Å². The highest BCUT2D eigenvalue weighted by Crippen LogP contribution is 2.12. The molecule has 0 bridgehead atoms. The summed E-state index contributed by atoms with van der Waals surface area (Å²) >= 11 is 0. The van der Waals surface area contributed by atoms with Gasteiger partial charge in [-0.25, -0.2) is 0 Å². The minimum absolute atomic E-state index is 0.0825. The molecule has 0 aliphatic carbocycles. The monoisotopic (exact) mass is 353 g/mol. The second-order valence-electron chi connectivity index (χ2n) is 6.65. The van der Waals surface area contributed by atoms with Crippen LogP contribution in [0.15, 0.2) is 54.6 Å². The lowest BCUT2D eigenvalue weighted by Crippen LogP contribution is -2.46. The zero-order chi connectivity index (χ0) is 19.1. The van der Waals surface area contributed by atoms with Crippen molar-refractivity contribution < 1.29 is 9.59 Å². The maximum absolute atomic E-state index is 12.5. The number of likely N-dealkylation sites (N-methyl/N-ethyl adjacent to an activating group) is 1. The zero-order valence-electron chi connectivity index (χ0n) is 15.8. The molecular formula is C21H27N3O2.